The molecular formula is C17H29N7. The van der Waals surface area contributed by atoms with Gasteiger partial charge in [-0.05, 0) is 75.3 Å². The molecule has 0 aliphatic carbocycles. The van der Waals surface area contributed by atoms with Crippen LogP contribution in [0.25, 0.3) is 0 Å². The number of hydrazine groups is 1. The maximum absolute atomic E-state index is 5.74. The van der Waals surface area contributed by atoms with Crippen LogP contribution < -0.4 is 22.0 Å². The van der Waals surface area contributed by atoms with Gasteiger partial charge in [0.15, 0.2) is 0 Å². The maximum Gasteiger partial charge on any atom is 0.148 e. The first kappa shape index (κ1) is 17.1. The molecule has 3 heterocycles. The number of anilines is 1. The third-order valence-corrected chi connectivity index (χ3v) is 5.56. The quantitative estimate of drug-likeness (QED) is 0.318. The molecule has 7 heteroatoms. The van der Waals surface area contributed by atoms with Crippen molar-refractivity contribution in [3.05, 3.63) is 23.9 Å². The average Bonchev–Trinajstić information content (AvgIpc) is 2.63. The normalized spacial score (nSPS) is 21.4. The Balaban J connectivity index is 1.45. The second-order valence-corrected chi connectivity index (χ2v) is 7.04. The predicted molar refractivity (Wildman–Crippen MR) is 97.5 cm³/mol. The van der Waals surface area contributed by atoms with E-state index >= 15 is 0 Å². The van der Waals surface area contributed by atoms with E-state index in [4.69, 9.17) is 11.7 Å². The molecule has 2 saturated heterocycles. The van der Waals surface area contributed by atoms with Gasteiger partial charge in [-0.25, -0.2) is 15.8 Å². The summed E-state index contributed by atoms with van der Waals surface area (Å²) in [6.45, 7) is 5.96. The molecule has 1 aromatic rings. The summed E-state index contributed by atoms with van der Waals surface area (Å²) in [7, 11) is 0. The van der Waals surface area contributed by atoms with E-state index in [1.807, 2.05) is 12.3 Å². The molecule has 0 aromatic carbocycles. The van der Waals surface area contributed by atoms with Gasteiger partial charge in [-0.15, -0.1) is 0 Å². The molecule has 0 bridgehead atoms. The SMILES string of the molecule is N/N=C\N(N)c1ccc(CCN2CCC3(CCNCC3)CC2)cn1. The predicted octanol–water partition coefficient (Wildman–Crippen LogP) is 0.672. The Morgan fingerprint density at radius 3 is 2.62 bits per heavy atom. The molecule has 0 radical (unpaired) electrons. The number of hydrazone groups is 1. The van der Waals surface area contributed by atoms with Gasteiger partial charge in [0.2, 0.25) is 0 Å². The van der Waals surface area contributed by atoms with Crippen LogP contribution in [0.2, 0.25) is 0 Å². The van der Waals surface area contributed by atoms with Crippen molar-refractivity contribution >= 4 is 12.2 Å². The number of nitrogens with two attached hydrogens (primary N) is 2. The fraction of sp³-hybridized carbons (Fsp3) is 0.647. The van der Waals surface area contributed by atoms with Crippen LogP contribution in [0.3, 0.4) is 0 Å². The lowest BCUT2D eigenvalue weighted by Crippen LogP contribution is -2.45. The summed E-state index contributed by atoms with van der Waals surface area (Å²) in [6.07, 6.45) is 9.67. The number of nitrogens with zero attached hydrogens (tertiary/aromatic N) is 4. The average molecular weight is 331 g/mol. The monoisotopic (exact) mass is 331 g/mol. The van der Waals surface area contributed by atoms with Crippen LogP contribution in [-0.2, 0) is 6.42 Å². The molecular weight excluding hydrogens is 302 g/mol. The van der Waals surface area contributed by atoms with E-state index < -0.39 is 0 Å². The van der Waals surface area contributed by atoms with Crippen LogP contribution in [-0.4, -0.2) is 48.9 Å². The number of rotatable bonds is 5. The van der Waals surface area contributed by atoms with Crippen molar-refractivity contribution < 1.29 is 0 Å². The Labute approximate surface area is 144 Å². The smallest absolute Gasteiger partial charge is 0.148 e. The molecule has 1 aromatic heterocycles. The highest BCUT2D eigenvalue weighted by atomic mass is 15.4. The number of likely N-dealkylation sites (tertiary alicyclic amines) is 1. The second-order valence-electron chi connectivity index (χ2n) is 7.04. The molecule has 2 aliphatic heterocycles. The molecule has 132 valence electrons. The van der Waals surface area contributed by atoms with Gasteiger partial charge in [-0.2, -0.15) is 5.10 Å². The van der Waals surface area contributed by atoms with Crippen LogP contribution in [0.1, 0.15) is 31.2 Å². The highest BCUT2D eigenvalue weighted by molar-refractivity contribution is 5.75. The maximum atomic E-state index is 5.74. The van der Waals surface area contributed by atoms with E-state index in [1.54, 1.807) is 0 Å². The van der Waals surface area contributed by atoms with Gasteiger partial charge in [0.25, 0.3) is 0 Å². The highest BCUT2D eigenvalue weighted by Crippen LogP contribution is 2.39. The van der Waals surface area contributed by atoms with Crippen molar-refractivity contribution in [3.63, 3.8) is 0 Å². The van der Waals surface area contributed by atoms with Gasteiger partial charge in [0.05, 0.1) is 0 Å². The van der Waals surface area contributed by atoms with E-state index in [2.05, 4.69) is 26.4 Å². The van der Waals surface area contributed by atoms with Crippen molar-refractivity contribution in [3.8, 4) is 0 Å². The summed E-state index contributed by atoms with van der Waals surface area (Å²) in [6, 6.07) is 3.97. The first-order valence-electron chi connectivity index (χ1n) is 8.86. The molecule has 3 rings (SSSR count). The number of aromatic nitrogens is 1. The molecule has 5 N–H and O–H groups in total. The fourth-order valence-corrected chi connectivity index (χ4v) is 3.84. The highest BCUT2D eigenvalue weighted by Gasteiger charge is 2.35. The van der Waals surface area contributed by atoms with Crippen molar-refractivity contribution in [1.82, 2.24) is 15.2 Å². The molecule has 2 fully saturated rings. The van der Waals surface area contributed by atoms with E-state index in [0.717, 1.165) is 13.0 Å². The van der Waals surface area contributed by atoms with Crippen LogP contribution in [0.15, 0.2) is 23.4 Å². The van der Waals surface area contributed by atoms with Crippen molar-refractivity contribution in [2.45, 2.75) is 32.1 Å². The van der Waals surface area contributed by atoms with E-state index in [0.29, 0.717) is 11.2 Å². The van der Waals surface area contributed by atoms with Crippen LogP contribution in [0.5, 0.6) is 0 Å². The third kappa shape index (κ3) is 4.23. The van der Waals surface area contributed by atoms with Gasteiger partial charge in [0.1, 0.15) is 12.2 Å². The Morgan fingerprint density at radius 2 is 2.00 bits per heavy atom. The minimum absolute atomic E-state index is 0.625. The Morgan fingerprint density at radius 1 is 1.25 bits per heavy atom. The lowest BCUT2D eigenvalue weighted by Gasteiger charge is -2.44. The van der Waals surface area contributed by atoms with Gasteiger partial charge in [-0.3, -0.25) is 0 Å². The third-order valence-electron chi connectivity index (χ3n) is 5.56. The van der Waals surface area contributed by atoms with Gasteiger partial charge < -0.3 is 16.1 Å². The summed E-state index contributed by atoms with van der Waals surface area (Å²) in [5, 5.41) is 8.19. The van der Waals surface area contributed by atoms with Crippen LogP contribution in [0, 0.1) is 5.41 Å². The molecule has 0 amide bonds. The summed E-state index contributed by atoms with van der Waals surface area (Å²) in [5.41, 5.74) is 1.86. The zero-order valence-electron chi connectivity index (χ0n) is 14.3. The van der Waals surface area contributed by atoms with E-state index in [-0.39, 0.29) is 0 Å². The molecule has 1 spiro atoms. The van der Waals surface area contributed by atoms with Crippen LogP contribution in [0.4, 0.5) is 5.82 Å². The number of nitrogens with one attached hydrogen (secondary N) is 1. The standard InChI is InChI=1S/C17H29N7/c18-22-14-24(19)16-2-1-15(13-21-16)3-10-23-11-6-17(7-12-23)4-8-20-9-5-17/h1-2,13-14,20H,3-12,18-19H2/b22-14-. The van der Waals surface area contributed by atoms with Crippen molar-refractivity contribution in [2.24, 2.45) is 22.2 Å². The molecule has 0 unspecified atom stereocenters. The Hall–Kier alpha value is -1.70. The number of pyridine rings is 1. The minimum Gasteiger partial charge on any atom is -0.322 e. The number of hydrogen-bond donors (Lipinski definition) is 3. The van der Waals surface area contributed by atoms with E-state index in [9.17, 15) is 0 Å². The van der Waals surface area contributed by atoms with Gasteiger partial charge in [0, 0.05) is 12.7 Å². The zero-order valence-corrected chi connectivity index (χ0v) is 14.3. The zero-order chi connectivity index (χ0) is 16.8. The Kier molecular flexibility index (Phi) is 5.65. The van der Waals surface area contributed by atoms with Crippen molar-refractivity contribution in [1.29, 1.82) is 0 Å². The molecule has 2 aliphatic rings. The summed E-state index contributed by atoms with van der Waals surface area (Å²) >= 11 is 0. The second kappa shape index (κ2) is 7.92. The number of hydrogen-bond acceptors (Lipinski definition) is 6. The van der Waals surface area contributed by atoms with Gasteiger partial charge in [-0.1, -0.05) is 6.07 Å². The first-order chi connectivity index (χ1) is 11.7. The van der Waals surface area contributed by atoms with E-state index in [1.165, 1.54) is 68.8 Å². The molecule has 7 nitrogen and oxygen atoms in total. The largest absolute Gasteiger partial charge is 0.322 e. The summed E-state index contributed by atoms with van der Waals surface area (Å²) < 4.78 is 0. The topological polar surface area (TPSA) is 95.8 Å². The molecule has 0 atom stereocenters. The minimum atomic E-state index is 0.625. The molecule has 24 heavy (non-hydrogen) atoms. The summed E-state index contributed by atoms with van der Waals surface area (Å²) in [4.78, 5) is 6.95. The lowest BCUT2D eigenvalue weighted by molar-refractivity contribution is 0.0746. The molecule has 0 saturated carbocycles. The van der Waals surface area contributed by atoms with Gasteiger partial charge >= 0.3 is 0 Å². The number of piperidine rings is 2. The van der Waals surface area contributed by atoms with Crippen LogP contribution >= 0.6 is 0 Å². The first-order valence-corrected chi connectivity index (χ1v) is 8.86. The summed E-state index contributed by atoms with van der Waals surface area (Å²) in [5.74, 6) is 11.5. The fourth-order valence-electron chi connectivity index (χ4n) is 3.84. The van der Waals surface area contributed by atoms with Crippen molar-refractivity contribution in [2.75, 3.05) is 37.7 Å². The Bertz CT molecular complexity index is 526. The lowest BCUT2D eigenvalue weighted by atomic mass is 9.71.